The van der Waals surface area contributed by atoms with Gasteiger partial charge in [-0.15, -0.1) is 0 Å². The van der Waals surface area contributed by atoms with E-state index >= 15 is 0 Å². The van der Waals surface area contributed by atoms with Crippen LogP contribution in [0, 0.1) is 0 Å². The summed E-state index contributed by atoms with van der Waals surface area (Å²) in [5.74, 6) is 0. The Bertz CT molecular complexity index is 476. The maximum Gasteiger partial charge on any atom is 0.243 e. The zero-order chi connectivity index (χ0) is 25.1. The second-order valence-electron chi connectivity index (χ2n) is 11.4. The number of unbranched alkanes of at least 4 members (excludes halogenated alkanes) is 24. The maximum atomic E-state index is 2.40. The predicted octanol–water partition coefficient (Wildman–Crippen LogP) is 11.0. The summed E-state index contributed by atoms with van der Waals surface area (Å²) < 4.78 is 4.81. The molecule has 0 aromatic carbocycles. The van der Waals surface area contributed by atoms with Crippen molar-refractivity contribution in [1.29, 1.82) is 0 Å². The third-order valence-electron chi connectivity index (χ3n) is 7.79. The number of aromatic nitrogens is 2. The van der Waals surface area contributed by atoms with Crippen LogP contribution in [0.5, 0.6) is 0 Å². The van der Waals surface area contributed by atoms with E-state index in [1.165, 1.54) is 180 Å². The second kappa shape index (κ2) is 26.3. The monoisotopic (exact) mass is 490 g/mol. The zero-order valence-corrected chi connectivity index (χ0v) is 24.4. The highest BCUT2D eigenvalue weighted by Crippen LogP contribution is 2.14. The molecule has 0 amide bonds. The van der Waals surface area contributed by atoms with Crippen LogP contribution in [0.1, 0.15) is 181 Å². The Labute approximate surface area is 221 Å². The van der Waals surface area contributed by atoms with Gasteiger partial charge in [-0.25, -0.2) is 9.13 Å². The number of aryl methyl sites for hydroxylation is 2. The van der Waals surface area contributed by atoms with Gasteiger partial charge in [0.1, 0.15) is 12.4 Å². The maximum absolute atomic E-state index is 2.40. The van der Waals surface area contributed by atoms with Crippen LogP contribution in [0.2, 0.25) is 0 Å². The van der Waals surface area contributed by atoms with Crippen molar-refractivity contribution in [3.8, 4) is 0 Å². The van der Waals surface area contributed by atoms with Crippen LogP contribution in [0.3, 0.4) is 0 Å². The molecule has 0 fully saturated rings. The van der Waals surface area contributed by atoms with E-state index in [9.17, 15) is 0 Å². The van der Waals surface area contributed by atoms with Gasteiger partial charge in [0, 0.05) is 0 Å². The van der Waals surface area contributed by atoms with Crippen molar-refractivity contribution in [1.82, 2.24) is 4.57 Å². The Morgan fingerprint density at radius 3 is 1.17 bits per heavy atom. The smallest absolute Gasteiger partial charge is 0.237 e. The standard InChI is InChI=1S/C33H65N2/c1-3-5-7-9-11-13-15-17-19-21-23-25-27-29-34-31-32-35(33-34)30-28-26-24-22-20-18-16-14-12-10-8-6-4-2/h31-33H,3-30H2,1-2H3/q+1. The topological polar surface area (TPSA) is 8.81 Å². The van der Waals surface area contributed by atoms with E-state index in [1.54, 1.807) is 0 Å². The van der Waals surface area contributed by atoms with Crippen LogP contribution >= 0.6 is 0 Å². The zero-order valence-electron chi connectivity index (χ0n) is 24.4. The number of hydrogen-bond acceptors (Lipinski definition) is 0. The lowest BCUT2D eigenvalue weighted by molar-refractivity contribution is -0.696. The van der Waals surface area contributed by atoms with Gasteiger partial charge in [0.25, 0.3) is 0 Å². The minimum atomic E-state index is 1.20. The van der Waals surface area contributed by atoms with Gasteiger partial charge in [0.2, 0.25) is 6.33 Å². The lowest BCUT2D eigenvalue weighted by atomic mass is 10.0. The summed E-state index contributed by atoms with van der Waals surface area (Å²) in [7, 11) is 0. The van der Waals surface area contributed by atoms with Crippen LogP contribution < -0.4 is 4.57 Å². The molecule has 2 heteroatoms. The quantitative estimate of drug-likeness (QED) is 0.0817. The first-order valence-corrected chi connectivity index (χ1v) is 16.4. The molecule has 0 saturated heterocycles. The highest BCUT2D eigenvalue weighted by Gasteiger charge is 2.03. The van der Waals surface area contributed by atoms with Gasteiger partial charge >= 0.3 is 0 Å². The molecular formula is C33H65N2+. The Kier molecular flexibility index (Phi) is 24.2. The molecule has 1 heterocycles. The summed E-state index contributed by atoms with van der Waals surface area (Å²) in [6.07, 6.45) is 44.2. The summed E-state index contributed by atoms with van der Waals surface area (Å²) in [6, 6.07) is 0. The molecule has 0 radical (unpaired) electrons. The molecule has 1 aromatic rings. The Morgan fingerprint density at radius 1 is 0.429 bits per heavy atom. The van der Waals surface area contributed by atoms with Gasteiger partial charge in [0.15, 0.2) is 0 Å². The predicted molar refractivity (Wildman–Crippen MR) is 156 cm³/mol. The van der Waals surface area contributed by atoms with Gasteiger partial charge < -0.3 is 0 Å². The lowest BCUT2D eigenvalue weighted by Gasteiger charge is -2.03. The van der Waals surface area contributed by atoms with Crippen molar-refractivity contribution < 1.29 is 4.57 Å². The Morgan fingerprint density at radius 2 is 0.771 bits per heavy atom. The number of hydrogen-bond donors (Lipinski definition) is 0. The first-order chi connectivity index (χ1) is 17.4. The highest BCUT2D eigenvalue weighted by molar-refractivity contribution is 4.66. The molecule has 0 aliphatic heterocycles. The molecular weight excluding hydrogens is 424 g/mol. The van der Waals surface area contributed by atoms with E-state index in [2.05, 4.69) is 41.7 Å². The lowest BCUT2D eigenvalue weighted by Crippen LogP contribution is -2.30. The van der Waals surface area contributed by atoms with Crippen molar-refractivity contribution in [2.45, 2.75) is 194 Å². The summed E-state index contributed by atoms with van der Waals surface area (Å²) >= 11 is 0. The van der Waals surface area contributed by atoms with E-state index in [0.717, 1.165) is 0 Å². The fourth-order valence-electron chi connectivity index (χ4n) is 5.33. The van der Waals surface area contributed by atoms with Gasteiger partial charge in [-0.3, -0.25) is 0 Å². The largest absolute Gasteiger partial charge is 0.243 e. The van der Waals surface area contributed by atoms with E-state index in [-0.39, 0.29) is 0 Å². The van der Waals surface area contributed by atoms with Crippen molar-refractivity contribution in [2.75, 3.05) is 0 Å². The third kappa shape index (κ3) is 22.2. The fraction of sp³-hybridized carbons (Fsp3) is 0.909. The Hall–Kier alpha value is -0.790. The molecule has 0 saturated carbocycles. The molecule has 0 unspecified atom stereocenters. The van der Waals surface area contributed by atoms with Gasteiger partial charge in [0.05, 0.1) is 13.1 Å². The average molecular weight is 490 g/mol. The summed E-state index contributed by atoms with van der Waals surface area (Å²) in [5, 5.41) is 0. The van der Waals surface area contributed by atoms with Gasteiger partial charge in [-0.2, -0.15) is 0 Å². The SMILES string of the molecule is CCCCCCCCCCCCCCCn1cc[n+](CCCCCCCCCCCCCCC)c1. The van der Waals surface area contributed by atoms with E-state index in [4.69, 9.17) is 0 Å². The van der Waals surface area contributed by atoms with Crippen molar-refractivity contribution in [3.05, 3.63) is 18.7 Å². The molecule has 35 heavy (non-hydrogen) atoms. The molecule has 0 aliphatic rings. The summed E-state index contributed by atoms with van der Waals surface area (Å²) in [6.45, 7) is 7.00. The minimum Gasteiger partial charge on any atom is -0.237 e. The van der Waals surface area contributed by atoms with Crippen LogP contribution in [-0.4, -0.2) is 4.57 Å². The molecule has 0 atom stereocenters. The molecule has 0 bridgehead atoms. The third-order valence-corrected chi connectivity index (χ3v) is 7.79. The van der Waals surface area contributed by atoms with Crippen molar-refractivity contribution >= 4 is 0 Å². The molecule has 0 spiro atoms. The first-order valence-electron chi connectivity index (χ1n) is 16.4. The van der Waals surface area contributed by atoms with E-state index in [1.807, 2.05) is 0 Å². The number of imidazole rings is 1. The molecule has 2 nitrogen and oxygen atoms in total. The summed E-state index contributed by atoms with van der Waals surface area (Å²) in [4.78, 5) is 0. The second-order valence-corrected chi connectivity index (χ2v) is 11.4. The average Bonchev–Trinajstić information content (AvgIpc) is 3.32. The minimum absolute atomic E-state index is 1.20. The normalized spacial score (nSPS) is 11.5. The van der Waals surface area contributed by atoms with E-state index < -0.39 is 0 Å². The van der Waals surface area contributed by atoms with Gasteiger partial charge in [-0.1, -0.05) is 155 Å². The van der Waals surface area contributed by atoms with Crippen LogP contribution in [0.4, 0.5) is 0 Å². The van der Waals surface area contributed by atoms with Crippen LogP contribution in [-0.2, 0) is 13.1 Å². The van der Waals surface area contributed by atoms with Crippen molar-refractivity contribution in [2.24, 2.45) is 0 Å². The van der Waals surface area contributed by atoms with Crippen molar-refractivity contribution in [3.63, 3.8) is 0 Å². The molecule has 0 aliphatic carbocycles. The number of rotatable bonds is 28. The first kappa shape index (κ1) is 32.2. The van der Waals surface area contributed by atoms with Crippen LogP contribution in [0.15, 0.2) is 18.7 Å². The fourth-order valence-corrected chi connectivity index (χ4v) is 5.33. The van der Waals surface area contributed by atoms with Gasteiger partial charge in [-0.05, 0) is 25.7 Å². The molecule has 1 aromatic heterocycles. The molecule has 206 valence electrons. The number of nitrogens with zero attached hydrogens (tertiary/aromatic N) is 2. The summed E-state index contributed by atoms with van der Waals surface area (Å²) in [5.41, 5.74) is 0. The molecule has 0 N–H and O–H groups in total. The van der Waals surface area contributed by atoms with Crippen LogP contribution in [0.25, 0.3) is 0 Å². The molecule has 1 rings (SSSR count). The highest BCUT2D eigenvalue weighted by atomic mass is 15.1. The Balaban J connectivity index is 1.82. The van der Waals surface area contributed by atoms with E-state index in [0.29, 0.717) is 0 Å².